The minimum Gasteiger partial charge on any atom is -0.484 e. The number of rotatable bonds is 6. The summed E-state index contributed by atoms with van der Waals surface area (Å²) < 4.78 is 11.0. The molecular formula is C19H22N2O4. The molecule has 132 valence electrons. The maximum absolute atomic E-state index is 12.0. The summed E-state index contributed by atoms with van der Waals surface area (Å²) in [5.41, 5.74) is 0.862. The van der Waals surface area contributed by atoms with Gasteiger partial charge in [-0.1, -0.05) is 0 Å². The topological polar surface area (TPSA) is 71.8 Å². The molecule has 1 saturated heterocycles. The molecule has 0 radical (unpaired) electrons. The molecule has 1 aliphatic heterocycles. The quantitative estimate of drug-likeness (QED) is 0.876. The van der Waals surface area contributed by atoms with Gasteiger partial charge in [-0.2, -0.15) is 0 Å². The highest BCUT2D eigenvalue weighted by atomic mass is 16.5. The average Bonchev–Trinajstić information content (AvgIpc) is 3.22. The van der Waals surface area contributed by atoms with E-state index in [1.165, 1.54) is 0 Å². The van der Waals surface area contributed by atoms with Gasteiger partial charge in [-0.25, -0.2) is 0 Å². The van der Waals surface area contributed by atoms with E-state index in [1.807, 2.05) is 38.1 Å². The standard InChI is InChI=1S/C19H22N2O4/c1-13-5-10-17(25-13)14(2)20-18(22)12-24-16-8-6-15(7-9-16)21-11-3-4-19(21)23/h5-10,14H,3-4,11-12H2,1-2H3,(H,20,22)/t14-/m0/s1. The van der Waals surface area contributed by atoms with Crippen LogP contribution in [0.5, 0.6) is 5.75 Å². The summed E-state index contributed by atoms with van der Waals surface area (Å²) >= 11 is 0. The first-order valence-electron chi connectivity index (χ1n) is 8.42. The van der Waals surface area contributed by atoms with Crippen molar-refractivity contribution in [3.63, 3.8) is 0 Å². The lowest BCUT2D eigenvalue weighted by molar-refractivity contribution is -0.123. The van der Waals surface area contributed by atoms with E-state index in [4.69, 9.17) is 9.15 Å². The number of hydrogen-bond acceptors (Lipinski definition) is 4. The molecule has 6 heteroatoms. The number of aryl methyl sites for hydroxylation is 1. The van der Waals surface area contributed by atoms with Crippen molar-refractivity contribution in [3.05, 3.63) is 47.9 Å². The Hall–Kier alpha value is -2.76. The summed E-state index contributed by atoms with van der Waals surface area (Å²) in [6.45, 7) is 4.40. The average molecular weight is 342 g/mol. The number of benzene rings is 1. The first-order chi connectivity index (χ1) is 12.0. The number of nitrogens with zero attached hydrogens (tertiary/aromatic N) is 1. The number of nitrogens with one attached hydrogen (secondary N) is 1. The molecule has 1 atom stereocenters. The van der Waals surface area contributed by atoms with Gasteiger partial charge in [-0.3, -0.25) is 9.59 Å². The highest BCUT2D eigenvalue weighted by Crippen LogP contribution is 2.24. The predicted octanol–water partition coefficient (Wildman–Crippen LogP) is 2.97. The molecule has 2 heterocycles. The van der Waals surface area contributed by atoms with Gasteiger partial charge in [0, 0.05) is 18.7 Å². The summed E-state index contributed by atoms with van der Waals surface area (Å²) in [5, 5.41) is 2.83. The van der Waals surface area contributed by atoms with Crippen LogP contribution in [0.2, 0.25) is 0 Å². The van der Waals surface area contributed by atoms with Crippen LogP contribution in [-0.4, -0.2) is 25.0 Å². The first-order valence-corrected chi connectivity index (χ1v) is 8.42. The normalized spacial score (nSPS) is 15.3. The molecule has 3 rings (SSSR count). The van der Waals surface area contributed by atoms with Crippen molar-refractivity contribution in [2.45, 2.75) is 32.7 Å². The third kappa shape index (κ3) is 4.21. The van der Waals surface area contributed by atoms with E-state index >= 15 is 0 Å². The minimum atomic E-state index is -0.222. The summed E-state index contributed by atoms with van der Waals surface area (Å²) in [4.78, 5) is 25.5. The van der Waals surface area contributed by atoms with Crippen molar-refractivity contribution in [1.29, 1.82) is 0 Å². The van der Waals surface area contributed by atoms with Gasteiger partial charge in [0.05, 0.1) is 6.04 Å². The summed E-state index contributed by atoms with van der Waals surface area (Å²) in [5.74, 6) is 2.04. The fraction of sp³-hybridized carbons (Fsp3) is 0.368. The van der Waals surface area contributed by atoms with Gasteiger partial charge < -0.3 is 19.4 Å². The van der Waals surface area contributed by atoms with Gasteiger partial charge in [0.1, 0.15) is 17.3 Å². The highest BCUT2D eigenvalue weighted by molar-refractivity contribution is 5.95. The van der Waals surface area contributed by atoms with Crippen molar-refractivity contribution in [2.24, 2.45) is 0 Å². The van der Waals surface area contributed by atoms with E-state index in [-0.39, 0.29) is 24.5 Å². The zero-order chi connectivity index (χ0) is 17.8. The molecule has 0 saturated carbocycles. The molecule has 0 spiro atoms. The van der Waals surface area contributed by atoms with Gasteiger partial charge in [-0.05, 0) is 56.7 Å². The SMILES string of the molecule is Cc1ccc([C@H](C)NC(=O)COc2ccc(N3CCCC3=O)cc2)o1. The number of hydrogen-bond donors (Lipinski definition) is 1. The zero-order valence-corrected chi connectivity index (χ0v) is 14.5. The van der Waals surface area contributed by atoms with E-state index in [1.54, 1.807) is 17.0 Å². The molecule has 1 aromatic heterocycles. The molecule has 1 aromatic carbocycles. The summed E-state index contributed by atoms with van der Waals surface area (Å²) in [6, 6.07) is 10.7. The van der Waals surface area contributed by atoms with E-state index in [0.717, 1.165) is 24.4 Å². The Kier molecular flexibility index (Phi) is 5.07. The van der Waals surface area contributed by atoms with E-state index in [0.29, 0.717) is 17.9 Å². The van der Waals surface area contributed by atoms with Crippen LogP contribution >= 0.6 is 0 Å². The predicted molar refractivity (Wildman–Crippen MR) is 93.5 cm³/mol. The number of carbonyl (C=O) groups excluding carboxylic acids is 2. The van der Waals surface area contributed by atoms with Crippen LogP contribution in [0, 0.1) is 6.92 Å². The van der Waals surface area contributed by atoms with Gasteiger partial charge >= 0.3 is 0 Å². The second-order valence-electron chi connectivity index (χ2n) is 6.17. The molecule has 6 nitrogen and oxygen atoms in total. The number of amides is 2. The number of ether oxygens (including phenoxy) is 1. The molecule has 0 unspecified atom stereocenters. The molecule has 1 fully saturated rings. The van der Waals surface area contributed by atoms with Gasteiger partial charge in [-0.15, -0.1) is 0 Å². The molecular weight excluding hydrogens is 320 g/mol. The van der Waals surface area contributed by atoms with Crippen molar-refractivity contribution in [2.75, 3.05) is 18.1 Å². The monoisotopic (exact) mass is 342 g/mol. The van der Waals surface area contributed by atoms with Gasteiger partial charge in [0.2, 0.25) is 5.91 Å². The smallest absolute Gasteiger partial charge is 0.258 e. The Bertz CT molecular complexity index is 751. The van der Waals surface area contributed by atoms with Crippen molar-refractivity contribution < 1.29 is 18.7 Å². The van der Waals surface area contributed by atoms with Crippen molar-refractivity contribution in [1.82, 2.24) is 5.32 Å². The number of carbonyl (C=O) groups is 2. The van der Waals surface area contributed by atoms with Crippen LogP contribution in [0.25, 0.3) is 0 Å². The maximum atomic E-state index is 12.0. The van der Waals surface area contributed by atoms with E-state index in [9.17, 15) is 9.59 Å². The third-order valence-electron chi connectivity index (χ3n) is 4.16. The molecule has 2 aromatic rings. The zero-order valence-electron chi connectivity index (χ0n) is 14.5. The van der Waals surface area contributed by atoms with Gasteiger partial charge in [0.25, 0.3) is 5.91 Å². The summed E-state index contributed by atoms with van der Waals surface area (Å²) in [6.07, 6.45) is 1.50. The number of furan rings is 1. The number of anilines is 1. The second-order valence-corrected chi connectivity index (χ2v) is 6.17. The Labute approximate surface area is 146 Å². The maximum Gasteiger partial charge on any atom is 0.258 e. The lowest BCUT2D eigenvalue weighted by Crippen LogP contribution is -2.31. The van der Waals surface area contributed by atoms with Crippen LogP contribution in [0.3, 0.4) is 0 Å². The Morgan fingerprint density at radius 2 is 2.04 bits per heavy atom. The molecule has 25 heavy (non-hydrogen) atoms. The Morgan fingerprint density at radius 3 is 2.64 bits per heavy atom. The minimum absolute atomic E-state index is 0.0774. The Morgan fingerprint density at radius 1 is 1.28 bits per heavy atom. The van der Waals surface area contributed by atoms with Crippen LogP contribution in [0.15, 0.2) is 40.8 Å². The van der Waals surface area contributed by atoms with Crippen molar-refractivity contribution >= 4 is 17.5 Å². The van der Waals surface area contributed by atoms with Crippen LogP contribution in [0.4, 0.5) is 5.69 Å². The first kappa shape index (κ1) is 17.1. The second kappa shape index (κ2) is 7.42. The molecule has 1 aliphatic rings. The third-order valence-corrected chi connectivity index (χ3v) is 4.16. The lowest BCUT2D eigenvalue weighted by Gasteiger charge is -2.16. The summed E-state index contributed by atoms with van der Waals surface area (Å²) in [7, 11) is 0. The largest absolute Gasteiger partial charge is 0.484 e. The van der Waals surface area contributed by atoms with Gasteiger partial charge in [0.15, 0.2) is 6.61 Å². The van der Waals surface area contributed by atoms with Crippen LogP contribution in [-0.2, 0) is 9.59 Å². The van der Waals surface area contributed by atoms with E-state index < -0.39 is 0 Å². The fourth-order valence-corrected chi connectivity index (χ4v) is 2.83. The Balaban J connectivity index is 1.49. The van der Waals surface area contributed by atoms with E-state index in [2.05, 4.69) is 5.32 Å². The molecule has 0 bridgehead atoms. The molecule has 0 aliphatic carbocycles. The van der Waals surface area contributed by atoms with Crippen LogP contribution < -0.4 is 15.0 Å². The molecule has 1 N–H and O–H groups in total. The molecule has 2 amide bonds. The van der Waals surface area contributed by atoms with Crippen LogP contribution in [0.1, 0.15) is 37.3 Å². The lowest BCUT2D eigenvalue weighted by atomic mass is 10.2. The fourth-order valence-electron chi connectivity index (χ4n) is 2.83. The van der Waals surface area contributed by atoms with Crippen molar-refractivity contribution in [3.8, 4) is 5.75 Å². The highest BCUT2D eigenvalue weighted by Gasteiger charge is 2.21.